The summed E-state index contributed by atoms with van der Waals surface area (Å²) in [6.07, 6.45) is -6.78. The van der Waals surface area contributed by atoms with E-state index in [1.165, 1.54) is 13.8 Å². The van der Waals surface area contributed by atoms with Gasteiger partial charge in [-0.1, -0.05) is 34.6 Å². The summed E-state index contributed by atoms with van der Waals surface area (Å²) in [6, 6.07) is -0.283. The lowest BCUT2D eigenvalue weighted by atomic mass is 9.74. The van der Waals surface area contributed by atoms with Crippen molar-refractivity contribution in [2.45, 2.75) is 186 Å². The quantitative estimate of drug-likeness (QED) is 0.269. The van der Waals surface area contributed by atoms with E-state index in [4.69, 9.17) is 28.4 Å². The smallest absolute Gasteiger partial charge is 0.311 e. The van der Waals surface area contributed by atoms with Gasteiger partial charge in [-0.2, -0.15) is 0 Å². The number of aliphatic hydroxyl groups excluding tert-OH is 2. The first-order valence-corrected chi connectivity index (χ1v) is 19.0. The minimum absolute atomic E-state index is 0.0990. The van der Waals surface area contributed by atoms with Crippen LogP contribution in [-0.2, 0) is 38.0 Å². The number of ketones is 1. The summed E-state index contributed by atoms with van der Waals surface area (Å²) in [7, 11) is 3.55. The molecule has 3 saturated heterocycles. The summed E-state index contributed by atoms with van der Waals surface area (Å²) < 4.78 is 37.6. The zero-order chi connectivity index (χ0) is 38.8. The molecule has 0 spiro atoms. The van der Waals surface area contributed by atoms with Crippen LogP contribution in [0, 0.1) is 23.7 Å². The van der Waals surface area contributed by atoms with Crippen LogP contribution < -0.4 is 0 Å². The topological polar surface area (TPSA) is 174 Å². The summed E-state index contributed by atoms with van der Waals surface area (Å²) in [5, 5.41) is 47.0. The van der Waals surface area contributed by atoms with Gasteiger partial charge in [0, 0.05) is 43.7 Å². The van der Waals surface area contributed by atoms with E-state index in [2.05, 4.69) is 0 Å². The van der Waals surface area contributed by atoms with E-state index >= 15 is 0 Å². The van der Waals surface area contributed by atoms with Crippen LogP contribution in [0.2, 0.25) is 0 Å². The molecular weight excluding hydrogens is 662 g/mol. The van der Waals surface area contributed by atoms with Crippen LogP contribution in [0.25, 0.3) is 0 Å². The Kier molecular flexibility index (Phi) is 15.1. The Labute approximate surface area is 305 Å². The van der Waals surface area contributed by atoms with Crippen molar-refractivity contribution in [2.24, 2.45) is 23.7 Å². The Hall–Kier alpha value is -1.26. The third-order valence-corrected chi connectivity index (χ3v) is 11.9. The number of hydrogen-bond donors (Lipinski definition) is 4. The van der Waals surface area contributed by atoms with E-state index in [1.807, 2.05) is 39.6 Å². The highest BCUT2D eigenvalue weighted by Gasteiger charge is 2.52. The molecule has 13 nitrogen and oxygen atoms in total. The number of carbonyl (C=O) groups excluding carboxylic acids is 2. The number of ether oxygens (including phenoxy) is 6. The molecule has 3 aliphatic rings. The molecule has 3 fully saturated rings. The highest BCUT2D eigenvalue weighted by atomic mass is 16.7. The molecule has 0 saturated carbocycles. The number of hydrogen-bond acceptors (Lipinski definition) is 13. The summed E-state index contributed by atoms with van der Waals surface area (Å²) >= 11 is 0. The first-order valence-electron chi connectivity index (χ1n) is 19.0. The second-order valence-electron chi connectivity index (χ2n) is 16.6. The van der Waals surface area contributed by atoms with Gasteiger partial charge in [-0.25, -0.2) is 0 Å². The minimum Gasteiger partial charge on any atom is -0.459 e. The number of likely N-dealkylation sites (N-methyl/N-ethyl adjacent to an activating group) is 1. The fraction of sp³-hybridized carbons (Fsp3) is 0.947. The monoisotopic (exact) mass is 731 g/mol. The fourth-order valence-corrected chi connectivity index (χ4v) is 8.62. The van der Waals surface area contributed by atoms with Gasteiger partial charge in [0.2, 0.25) is 0 Å². The molecule has 3 heterocycles. The van der Waals surface area contributed by atoms with E-state index in [1.54, 1.807) is 41.7 Å². The molecular formula is C38H69NO12. The van der Waals surface area contributed by atoms with E-state index in [-0.39, 0.29) is 36.9 Å². The average Bonchev–Trinajstić information content (AvgIpc) is 3.06. The maximum Gasteiger partial charge on any atom is 0.311 e. The number of rotatable bonds is 8. The Morgan fingerprint density at radius 2 is 1.51 bits per heavy atom. The maximum atomic E-state index is 14.1. The molecule has 0 aromatic heterocycles. The molecule has 3 aliphatic heterocycles. The zero-order valence-electron chi connectivity index (χ0n) is 33.3. The second kappa shape index (κ2) is 17.5. The molecule has 0 aliphatic carbocycles. The van der Waals surface area contributed by atoms with Crippen molar-refractivity contribution >= 4 is 11.8 Å². The standard InChI is InChI=1S/C38H69NO12/c1-14-27-38(11,45)32(42)23(6)29(40)20(3)17-37(10,44)33(51-35-30(41)26(39(12)15-2)16-21(4)48-35)24(7)31(25(8)34(43)49-27)50-28-19-36(9,46-13)18-22(5)47-28/h20-28,30-33,35,41-42,44-45H,14-19H2,1-13H3/t20-,21-,22+,23-,24-,25-,26+,27+,28+,30-,31+,32-,33-,35+,36+,37-,38-/m1/s1. The van der Waals surface area contributed by atoms with Crippen molar-refractivity contribution < 1.29 is 58.4 Å². The number of cyclic esters (lactones) is 1. The van der Waals surface area contributed by atoms with Crippen LogP contribution in [-0.4, -0.2) is 136 Å². The third-order valence-electron chi connectivity index (χ3n) is 11.9. The molecule has 4 N–H and O–H groups in total. The van der Waals surface area contributed by atoms with Gasteiger partial charge in [-0.3, -0.25) is 9.59 Å². The Morgan fingerprint density at radius 1 is 0.882 bits per heavy atom. The first-order chi connectivity index (χ1) is 23.5. The van der Waals surface area contributed by atoms with Crippen LogP contribution >= 0.6 is 0 Å². The number of Topliss-reactive ketones (excluding diaryl/α,β-unsaturated/α-hetero) is 1. The van der Waals surface area contributed by atoms with Crippen LogP contribution in [0.5, 0.6) is 0 Å². The van der Waals surface area contributed by atoms with Crippen molar-refractivity contribution in [1.82, 2.24) is 4.90 Å². The zero-order valence-corrected chi connectivity index (χ0v) is 33.3. The van der Waals surface area contributed by atoms with Gasteiger partial charge >= 0.3 is 5.97 Å². The SMILES string of the molecule is CC[C@@H]1OC(=O)[C@H](C)[C@@H](O[C@H]2C[C@@](C)(OC)C[C@H](C)O2)[C@@H](C)[C@@H](O[C@@H]2O[C@H](C)C[C@H](N(C)CC)[C@H]2O)[C@](C)(O)C[C@@H](C)C(=O)[C@@H](C)[C@@H](O)[C@]1(C)O. The van der Waals surface area contributed by atoms with Gasteiger partial charge in [-0.15, -0.1) is 0 Å². The predicted molar refractivity (Wildman–Crippen MR) is 189 cm³/mol. The summed E-state index contributed by atoms with van der Waals surface area (Å²) in [5.41, 5.74) is -4.28. The maximum absolute atomic E-state index is 14.1. The molecule has 0 aromatic carbocycles. The summed E-state index contributed by atoms with van der Waals surface area (Å²) in [6.45, 7) is 19.8. The van der Waals surface area contributed by atoms with Crippen molar-refractivity contribution in [3.63, 3.8) is 0 Å². The van der Waals surface area contributed by atoms with Gasteiger partial charge in [-0.05, 0) is 74.4 Å². The minimum atomic E-state index is -1.96. The Morgan fingerprint density at radius 3 is 2.08 bits per heavy atom. The molecule has 51 heavy (non-hydrogen) atoms. The number of methoxy groups -OCH3 is 1. The molecule has 0 amide bonds. The summed E-state index contributed by atoms with van der Waals surface area (Å²) in [5.74, 6) is -4.71. The first kappa shape index (κ1) is 44.1. The fourth-order valence-electron chi connectivity index (χ4n) is 8.62. The van der Waals surface area contributed by atoms with Crippen molar-refractivity contribution in [3.05, 3.63) is 0 Å². The number of esters is 1. The van der Waals surface area contributed by atoms with Gasteiger partial charge in [0.15, 0.2) is 12.6 Å². The lowest BCUT2D eigenvalue weighted by molar-refractivity contribution is -0.310. The number of carbonyl (C=O) groups is 2. The molecule has 17 atom stereocenters. The number of nitrogens with zero attached hydrogens (tertiary/aromatic N) is 1. The van der Waals surface area contributed by atoms with E-state index in [0.717, 1.165) is 0 Å². The van der Waals surface area contributed by atoms with Crippen LogP contribution in [0.3, 0.4) is 0 Å². The van der Waals surface area contributed by atoms with Gasteiger partial charge in [0.1, 0.15) is 23.6 Å². The molecule has 13 heteroatoms. The molecule has 0 radical (unpaired) electrons. The van der Waals surface area contributed by atoms with Gasteiger partial charge in [0.05, 0.1) is 47.6 Å². The highest BCUT2D eigenvalue weighted by Crippen LogP contribution is 2.40. The van der Waals surface area contributed by atoms with E-state index < -0.39 is 89.5 Å². The van der Waals surface area contributed by atoms with Crippen LogP contribution in [0.15, 0.2) is 0 Å². The van der Waals surface area contributed by atoms with Crippen LogP contribution in [0.1, 0.15) is 108 Å². The molecule has 0 bridgehead atoms. The summed E-state index contributed by atoms with van der Waals surface area (Å²) in [4.78, 5) is 30.0. The van der Waals surface area contributed by atoms with Crippen LogP contribution in [0.4, 0.5) is 0 Å². The number of aliphatic hydroxyl groups is 4. The normalized spacial score (nSPS) is 48.3. The lowest BCUT2D eigenvalue weighted by Gasteiger charge is -2.48. The van der Waals surface area contributed by atoms with Crippen molar-refractivity contribution in [2.75, 3.05) is 20.7 Å². The van der Waals surface area contributed by atoms with Gasteiger partial charge < -0.3 is 53.7 Å². The molecule has 0 aromatic rings. The highest BCUT2D eigenvalue weighted by molar-refractivity contribution is 5.83. The molecule has 298 valence electrons. The second-order valence-corrected chi connectivity index (χ2v) is 16.6. The Bertz CT molecular complexity index is 1150. The van der Waals surface area contributed by atoms with Crippen molar-refractivity contribution in [1.29, 1.82) is 0 Å². The molecule has 3 rings (SSSR count). The van der Waals surface area contributed by atoms with Crippen molar-refractivity contribution in [3.8, 4) is 0 Å². The van der Waals surface area contributed by atoms with Gasteiger partial charge in [0.25, 0.3) is 0 Å². The van der Waals surface area contributed by atoms with E-state index in [9.17, 15) is 30.0 Å². The predicted octanol–water partition coefficient (Wildman–Crippen LogP) is 3.20. The van der Waals surface area contributed by atoms with E-state index in [0.29, 0.717) is 25.8 Å². The Balaban J connectivity index is 2.17. The molecule has 0 unspecified atom stereocenters. The lowest BCUT2D eigenvalue weighted by Crippen LogP contribution is -2.60. The third kappa shape index (κ3) is 10.1. The largest absolute Gasteiger partial charge is 0.459 e. The average molecular weight is 732 g/mol.